The average molecular weight is 384 g/mol. The summed E-state index contributed by atoms with van der Waals surface area (Å²) in [7, 11) is 0. The summed E-state index contributed by atoms with van der Waals surface area (Å²) < 4.78 is 18.9. The number of hydrogen-bond acceptors (Lipinski definition) is 5. The number of benzene rings is 1. The van der Waals surface area contributed by atoms with Crippen molar-refractivity contribution in [3.05, 3.63) is 47.8 Å². The smallest absolute Gasteiger partial charge is 0.323 e. The van der Waals surface area contributed by atoms with Gasteiger partial charge >= 0.3 is 5.97 Å². The third-order valence-corrected chi connectivity index (χ3v) is 5.14. The van der Waals surface area contributed by atoms with Crippen LogP contribution in [0.25, 0.3) is 10.9 Å². The third-order valence-electron chi connectivity index (χ3n) is 5.14. The van der Waals surface area contributed by atoms with Gasteiger partial charge in [-0.25, -0.2) is 4.98 Å². The van der Waals surface area contributed by atoms with Crippen molar-refractivity contribution in [2.75, 3.05) is 19.8 Å². The molecule has 0 amide bonds. The minimum absolute atomic E-state index is 0.0510. The fraction of sp³-hybridized carbons (Fsp3) is 0.429. The SMILES string of the molecule is Cc1oc(C2CCOCC2)nc1CCOc1ccc2c(ccn2CC(=O)O)c1. The highest BCUT2D eigenvalue weighted by molar-refractivity contribution is 5.83. The van der Waals surface area contributed by atoms with E-state index in [0.29, 0.717) is 18.9 Å². The van der Waals surface area contributed by atoms with Gasteiger partial charge in [0.05, 0.1) is 12.3 Å². The highest BCUT2D eigenvalue weighted by Crippen LogP contribution is 2.28. The number of fused-ring (bicyclic) bond motifs is 1. The molecule has 1 saturated heterocycles. The Labute approximate surface area is 162 Å². The molecule has 0 spiro atoms. The highest BCUT2D eigenvalue weighted by atomic mass is 16.5. The Kier molecular flexibility index (Phi) is 5.34. The molecule has 0 aliphatic carbocycles. The summed E-state index contributed by atoms with van der Waals surface area (Å²) in [6, 6.07) is 7.58. The van der Waals surface area contributed by atoms with Crippen LogP contribution in [0.2, 0.25) is 0 Å². The van der Waals surface area contributed by atoms with Gasteiger partial charge in [0.25, 0.3) is 0 Å². The van der Waals surface area contributed by atoms with Crippen molar-refractivity contribution in [2.24, 2.45) is 0 Å². The predicted molar refractivity (Wildman–Crippen MR) is 103 cm³/mol. The molecule has 3 heterocycles. The number of nitrogens with zero attached hydrogens (tertiary/aromatic N) is 2. The highest BCUT2D eigenvalue weighted by Gasteiger charge is 2.22. The lowest BCUT2D eigenvalue weighted by Gasteiger charge is -2.18. The van der Waals surface area contributed by atoms with Gasteiger partial charge in [-0.3, -0.25) is 4.79 Å². The van der Waals surface area contributed by atoms with Crippen LogP contribution >= 0.6 is 0 Å². The zero-order chi connectivity index (χ0) is 19.5. The second-order valence-corrected chi connectivity index (χ2v) is 7.10. The van der Waals surface area contributed by atoms with Gasteiger partial charge in [0.1, 0.15) is 18.1 Å². The molecule has 0 bridgehead atoms. The maximum absolute atomic E-state index is 10.9. The molecule has 3 aromatic rings. The van der Waals surface area contributed by atoms with E-state index in [-0.39, 0.29) is 6.54 Å². The first-order valence-corrected chi connectivity index (χ1v) is 9.57. The molecule has 7 heteroatoms. The number of ether oxygens (including phenoxy) is 2. The van der Waals surface area contributed by atoms with E-state index < -0.39 is 5.97 Å². The lowest BCUT2D eigenvalue weighted by molar-refractivity contribution is -0.137. The fourth-order valence-corrected chi connectivity index (χ4v) is 3.62. The molecule has 1 aliphatic heterocycles. The largest absolute Gasteiger partial charge is 0.493 e. The van der Waals surface area contributed by atoms with Crippen LogP contribution in [0, 0.1) is 6.92 Å². The summed E-state index contributed by atoms with van der Waals surface area (Å²) in [6.45, 7) is 3.93. The fourth-order valence-electron chi connectivity index (χ4n) is 3.62. The molecule has 1 aliphatic rings. The molecular formula is C21H24N2O5. The third kappa shape index (κ3) is 4.04. The van der Waals surface area contributed by atoms with Crippen LogP contribution in [-0.4, -0.2) is 40.4 Å². The first kappa shape index (κ1) is 18.6. The van der Waals surface area contributed by atoms with Gasteiger partial charge in [0.2, 0.25) is 0 Å². The Balaban J connectivity index is 1.37. The van der Waals surface area contributed by atoms with E-state index in [0.717, 1.165) is 60.1 Å². The first-order chi connectivity index (χ1) is 13.6. The Morgan fingerprint density at radius 3 is 2.93 bits per heavy atom. The number of rotatable bonds is 7. The molecule has 1 aromatic carbocycles. The number of oxazole rings is 1. The van der Waals surface area contributed by atoms with Crippen molar-refractivity contribution in [1.29, 1.82) is 0 Å². The summed E-state index contributed by atoms with van der Waals surface area (Å²) >= 11 is 0. The normalized spacial score (nSPS) is 15.2. The van der Waals surface area contributed by atoms with Crippen LogP contribution in [0.15, 0.2) is 34.9 Å². The standard InChI is InChI=1S/C21H24N2O5/c1-14-18(22-21(28-14)15-5-9-26-10-6-15)7-11-27-17-2-3-19-16(12-17)4-8-23(19)13-20(24)25/h2-4,8,12,15H,5-7,9-11,13H2,1H3,(H,24,25). The molecule has 148 valence electrons. The molecule has 4 rings (SSSR count). The molecular weight excluding hydrogens is 360 g/mol. The van der Waals surface area contributed by atoms with Crippen molar-refractivity contribution in [1.82, 2.24) is 9.55 Å². The van der Waals surface area contributed by atoms with Gasteiger partial charge in [-0.1, -0.05) is 0 Å². The van der Waals surface area contributed by atoms with Crippen LogP contribution in [0.3, 0.4) is 0 Å². The van der Waals surface area contributed by atoms with E-state index in [9.17, 15) is 4.79 Å². The van der Waals surface area contributed by atoms with Gasteiger partial charge in [-0.05, 0) is 44.0 Å². The van der Waals surface area contributed by atoms with E-state index >= 15 is 0 Å². The Hall–Kier alpha value is -2.80. The maximum atomic E-state index is 10.9. The van der Waals surface area contributed by atoms with E-state index in [2.05, 4.69) is 4.98 Å². The second kappa shape index (κ2) is 8.06. The summed E-state index contributed by atoms with van der Waals surface area (Å²) in [6.07, 6.45) is 4.37. The van der Waals surface area contributed by atoms with Gasteiger partial charge in [-0.2, -0.15) is 0 Å². The van der Waals surface area contributed by atoms with Gasteiger partial charge in [0, 0.05) is 42.7 Å². The lowest BCUT2D eigenvalue weighted by Crippen LogP contribution is -2.14. The molecule has 1 N–H and O–H groups in total. The number of aryl methyl sites for hydroxylation is 1. The summed E-state index contributed by atoms with van der Waals surface area (Å²) in [4.78, 5) is 15.6. The quantitative estimate of drug-likeness (QED) is 0.670. The second-order valence-electron chi connectivity index (χ2n) is 7.10. The van der Waals surface area contributed by atoms with E-state index in [1.807, 2.05) is 31.2 Å². The zero-order valence-electron chi connectivity index (χ0n) is 15.9. The average Bonchev–Trinajstić information content (AvgIpc) is 3.26. The number of carboxylic acid groups (broad SMARTS) is 1. The molecule has 0 unspecified atom stereocenters. The predicted octanol–water partition coefficient (Wildman–Crippen LogP) is 3.54. The summed E-state index contributed by atoms with van der Waals surface area (Å²) in [5, 5.41) is 9.92. The zero-order valence-corrected chi connectivity index (χ0v) is 15.9. The van der Waals surface area contributed by atoms with Crippen LogP contribution in [0.5, 0.6) is 5.75 Å². The van der Waals surface area contributed by atoms with Crippen LogP contribution in [0.1, 0.15) is 36.1 Å². The number of aliphatic carboxylic acids is 1. The van der Waals surface area contributed by atoms with Crippen molar-refractivity contribution in [3.8, 4) is 5.75 Å². The van der Waals surface area contributed by atoms with Gasteiger partial charge in [-0.15, -0.1) is 0 Å². The molecule has 0 atom stereocenters. The van der Waals surface area contributed by atoms with Crippen LogP contribution in [-0.2, 0) is 22.5 Å². The van der Waals surface area contributed by atoms with E-state index in [1.54, 1.807) is 10.8 Å². The van der Waals surface area contributed by atoms with Crippen LogP contribution < -0.4 is 4.74 Å². The Morgan fingerprint density at radius 2 is 2.14 bits per heavy atom. The number of aromatic nitrogens is 2. The lowest BCUT2D eigenvalue weighted by atomic mass is 10.0. The number of hydrogen-bond donors (Lipinski definition) is 1. The number of carbonyl (C=O) groups is 1. The van der Waals surface area contributed by atoms with Crippen molar-refractivity contribution in [2.45, 2.75) is 38.6 Å². The van der Waals surface area contributed by atoms with E-state index in [1.165, 1.54) is 0 Å². The molecule has 0 saturated carbocycles. The maximum Gasteiger partial charge on any atom is 0.323 e. The van der Waals surface area contributed by atoms with Gasteiger partial charge < -0.3 is 23.6 Å². The molecule has 28 heavy (non-hydrogen) atoms. The first-order valence-electron chi connectivity index (χ1n) is 9.57. The van der Waals surface area contributed by atoms with Crippen molar-refractivity contribution >= 4 is 16.9 Å². The molecule has 2 aromatic heterocycles. The summed E-state index contributed by atoms with van der Waals surface area (Å²) in [5.41, 5.74) is 1.82. The minimum Gasteiger partial charge on any atom is -0.493 e. The molecule has 1 fully saturated rings. The van der Waals surface area contributed by atoms with Crippen molar-refractivity contribution in [3.63, 3.8) is 0 Å². The van der Waals surface area contributed by atoms with Gasteiger partial charge in [0.15, 0.2) is 5.89 Å². The topological polar surface area (TPSA) is 86.7 Å². The Morgan fingerprint density at radius 1 is 1.32 bits per heavy atom. The van der Waals surface area contributed by atoms with Crippen molar-refractivity contribution < 1.29 is 23.8 Å². The van der Waals surface area contributed by atoms with E-state index in [4.69, 9.17) is 19.0 Å². The number of carboxylic acids is 1. The molecule has 7 nitrogen and oxygen atoms in total. The minimum atomic E-state index is -0.860. The molecule has 0 radical (unpaired) electrons. The Bertz CT molecular complexity index is 968. The summed E-state index contributed by atoms with van der Waals surface area (Å²) in [5.74, 6) is 1.91. The van der Waals surface area contributed by atoms with Crippen LogP contribution in [0.4, 0.5) is 0 Å². The monoisotopic (exact) mass is 384 g/mol.